The summed E-state index contributed by atoms with van der Waals surface area (Å²) >= 11 is 0. The van der Waals surface area contributed by atoms with E-state index < -0.39 is 69.9 Å². The maximum absolute atomic E-state index is 15.9. The van der Waals surface area contributed by atoms with Gasteiger partial charge in [-0.3, -0.25) is 9.59 Å². The molecule has 1 aromatic carbocycles. The number of ether oxygens (including phenoxy) is 4. The third-order valence-corrected chi connectivity index (χ3v) is 18.9. The number of hydrogen-bond donors (Lipinski definition) is 5. The lowest BCUT2D eigenvalue weighted by Crippen LogP contribution is -2.79. The van der Waals surface area contributed by atoms with E-state index in [-0.39, 0.29) is 55.1 Å². The van der Waals surface area contributed by atoms with Crippen molar-refractivity contribution in [2.24, 2.45) is 51.8 Å². The Morgan fingerprint density at radius 3 is 2.55 bits per heavy atom. The van der Waals surface area contributed by atoms with Crippen LogP contribution in [0.4, 0.5) is 0 Å². The summed E-state index contributed by atoms with van der Waals surface area (Å²) in [5, 5.41) is 41.8. The van der Waals surface area contributed by atoms with Crippen LogP contribution in [-0.4, -0.2) is 101 Å². The lowest BCUT2D eigenvalue weighted by atomic mass is 9.32. The van der Waals surface area contributed by atoms with Gasteiger partial charge in [-0.25, -0.2) is 4.79 Å². The fourth-order valence-corrected chi connectivity index (χ4v) is 16.0. The van der Waals surface area contributed by atoms with Crippen LogP contribution in [0, 0.1) is 51.8 Å². The predicted octanol–water partition coefficient (Wildman–Crippen LogP) is 6.14. The van der Waals surface area contributed by atoms with Gasteiger partial charge in [0.25, 0.3) is 0 Å². The van der Waals surface area contributed by atoms with E-state index in [2.05, 4.69) is 55.7 Å². The van der Waals surface area contributed by atoms with E-state index in [0.29, 0.717) is 55.4 Å². The molecule has 10 rings (SSSR count). The van der Waals surface area contributed by atoms with Gasteiger partial charge < -0.3 is 49.3 Å². The molecule has 8 aliphatic rings. The first-order valence-electron chi connectivity index (χ1n) is 25.5. The molecule has 3 saturated carbocycles. The summed E-state index contributed by atoms with van der Waals surface area (Å²) in [5.41, 5.74) is -3.41. The summed E-state index contributed by atoms with van der Waals surface area (Å²) < 4.78 is 33.3. The Kier molecular flexibility index (Phi) is 12.5. The summed E-state index contributed by atoms with van der Waals surface area (Å²) in [5.74, 6) is -1.55. The monoisotopic (exact) mass is 915 g/mol. The number of ketones is 1. The van der Waals surface area contributed by atoms with Crippen LogP contribution in [0.1, 0.15) is 134 Å². The number of epoxide rings is 1. The van der Waals surface area contributed by atoms with Crippen molar-refractivity contribution in [1.82, 2.24) is 10.6 Å². The minimum atomic E-state index is -1.48. The Morgan fingerprint density at radius 2 is 1.79 bits per heavy atom. The predicted molar refractivity (Wildman–Crippen MR) is 242 cm³/mol. The van der Waals surface area contributed by atoms with Crippen molar-refractivity contribution in [2.45, 2.75) is 172 Å². The van der Waals surface area contributed by atoms with Crippen molar-refractivity contribution >= 4 is 17.7 Å². The highest BCUT2D eigenvalue weighted by Crippen LogP contribution is 2.83. The number of Topliss-reactive ketones (excluding diaryl/α,β-unsaturated/α-hetero) is 1. The van der Waals surface area contributed by atoms with Crippen molar-refractivity contribution < 1.29 is 53.1 Å². The molecule has 13 heteroatoms. The zero-order chi connectivity index (χ0) is 46.2. The Hall–Kier alpha value is -3.17. The van der Waals surface area contributed by atoms with Crippen molar-refractivity contribution in [2.75, 3.05) is 26.4 Å². The largest absolute Gasteiger partial charge is 0.469 e. The van der Waals surface area contributed by atoms with Gasteiger partial charge in [-0.15, -0.1) is 0 Å². The number of carbonyl (C=O) groups excluding carboxylic acids is 3. The maximum Gasteiger partial charge on any atom is 0.339 e. The lowest BCUT2D eigenvalue weighted by Gasteiger charge is -2.70. The number of rotatable bonds is 16. The second-order valence-electron chi connectivity index (χ2n) is 22.8. The van der Waals surface area contributed by atoms with Crippen molar-refractivity contribution in [3.63, 3.8) is 0 Å². The SMILES string of the molecule is CC(C)CC[C@]1(C)O[C@H]2CC(=O)OC[C@]23[C@H]2CC[C@@]4(C)[C@H](c5ccoc5C[C@H](CCCC[C@H]5CNCN5)[C@H](O)CO)OC(=O)[C@H]5O[C@]54[C@]2([C@H]2CCC[C@H](Cc4ccccc4)C2)[C@H](O)C(=O)[C@@H]31. The molecule has 5 saturated heterocycles. The molecule has 3 aliphatic carbocycles. The minimum Gasteiger partial charge on any atom is -0.469 e. The first-order chi connectivity index (χ1) is 31.7. The first kappa shape index (κ1) is 46.6. The molecule has 2 spiro atoms. The van der Waals surface area contributed by atoms with E-state index in [4.69, 9.17) is 23.4 Å². The average molecular weight is 915 g/mol. The molecule has 362 valence electrons. The summed E-state index contributed by atoms with van der Waals surface area (Å²) in [7, 11) is 0. The smallest absolute Gasteiger partial charge is 0.339 e. The summed E-state index contributed by atoms with van der Waals surface area (Å²) in [4.78, 5) is 44.1. The molecule has 0 unspecified atom stereocenters. The zero-order valence-corrected chi connectivity index (χ0v) is 39.5. The van der Waals surface area contributed by atoms with Crippen molar-refractivity contribution in [3.8, 4) is 0 Å². The van der Waals surface area contributed by atoms with E-state index in [0.717, 1.165) is 71.0 Å². The lowest BCUT2D eigenvalue weighted by molar-refractivity contribution is -0.276. The molecule has 0 radical (unpaired) electrons. The molecule has 8 fully saturated rings. The Morgan fingerprint density at radius 1 is 0.970 bits per heavy atom. The molecule has 0 amide bonds. The van der Waals surface area contributed by atoms with Crippen molar-refractivity contribution in [3.05, 3.63) is 59.5 Å². The molecule has 5 aliphatic heterocycles. The fraction of sp³-hybridized carbons (Fsp3) is 0.755. The van der Waals surface area contributed by atoms with Crippen molar-refractivity contribution in [1.29, 1.82) is 0 Å². The second-order valence-corrected chi connectivity index (χ2v) is 22.8. The molecular formula is C53H74N2O11. The molecule has 6 heterocycles. The Balaban J connectivity index is 1.06. The molecule has 13 nitrogen and oxygen atoms in total. The third kappa shape index (κ3) is 7.12. The number of esters is 2. The fourth-order valence-electron chi connectivity index (χ4n) is 16.0. The van der Waals surface area contributed by atoms with Gasteiger partial charge >= 0.3 is 11.9 Å². The molecular weight excluding hydrogens is 841 g/mol. The molecule has 16 atom stereocenters. The van der Waals surface area contributed by atoms with Crippen LogP contribution in [-0.2, 0) is 46.2 Å². The van der Waals surface area contributed by atoms with Gasteiger partial charge in [-0.2, -0.15) is 0 Å². The average Bonchev–Trinajstić information content (AvgIpc) is 3.54. The van der Waals surface area contributed by atoms with Gasteiger partial charge in [0.15, 0.2) is 11.9 Å². The van der Waals surface area contributed by atoms with Crippen LogP contribution in [0.3, 0.4) is 0 Å². The van der Waals surface area contributed by atoms with Crippen LogP contribution in [0.25, 0.3) is 0 Å². The van der Waals surface area contributed by atoms with Gasteiger partial charge in [-0.05, 0) is 106 Å². The zero-order valence-electron chi connectivity index (χ0n) is 39.5. The Bertz CT molecular complexity index is 2110. The van der Waals surface area contributed by atoms with Gasteiger partial charge in [0.1, 0.15) is 30.2 Å². The number of aliphatic hydroxyl groups is 3. The number of carbonyl (C=O) groups is 3. The number of furan rings is 1. The maximum atomic E-state index is 15.9. The molecule has 0 bridgehead atoms. The van der Waals surface area contributed by atoms with E-state index in [1.54, 1.807) is 6.26 Å². The summed E-state index contributed by atoms with van der Waals surface area (Å²) in [6.07, 6.45) is 7.40. The number of hydrogen-bond acceptors (Lipinski definition) is 13. The highest BCUT2D eigenvalue weighted by molar-refractivity contribution is 5.92. The first-order valence-corrected chi connectivity index (χ1v) is 25.5. The number of benzene rings is 1. The van der Waals surface area contributed by atoms with E-state index in [9.17, 15) is 24.9 Å². The molecule has 66 heavy (non-hydrogen) atoms. The molecule has 1 aromatic heterocycles. The number of cyclic esters (lactones) is 2. The Labute approximate surface area is 389 Å². The standard InChI is InChI=1S/C53H74N2O11/c1-31(2)17-21-50(4)44-43(59)45(60)52(35-15-10-13-33(24-35)23-32-11-6-5-7-12-32)40(51(44)29-63-42(58)26-41(51)65-50)18-20-49(3)46(64-48(61)47-53(49,52)66-47)37-19-22-62-39(37)25-34(38(57)28-56)14-8-9-16-36-27-54-30-55-36/h5-7,11-12,19,22,31,33-36,38,40-41,44-47,54-57,60H,8-10,13-18,20-21,23-30H2,1-4H3/t33-,34+,35+,36+,38-,40-,41+,44-,45-,46+,47-,49+,50+,51+,52+,53-/m1/s1. The van der Waals surface area contributed by atoms with Crippen LogP contribution in [0.5, 0.6) is 0 Å². The van der Waals surface area contributed by atoms with Gasteiger partial charge in [0.05, 0.1) is 43.0 Å². The highest BCUT2D eigenvalue weighted by Gasteiger charge is 2.93. The number of fused-ring (bicyclic) bond motifs is 1. The van der Waals surface area contributed by atoms with E-state index in [1.165, 1.54) is 5.56 Å². The van der Waals surface area contributed by atoms with E-state index in [1.807, 2.05) is 19.1 Å². The van der Waals surface area contributed by atoms with Crippen LogP contribution in [0.2, 0.25) is 0 Å². The van der Waals surface area contributed by atoms with Gasteiger partial charge in [0, 0.05) is 47.5 Å². The normalized spacial score (nSPS) is 42.4. The molecule has 5 N–H and O–H groups in total. The molecule has 2 aromatic rings. The van der Waals surface area contributed by atoms with Gasteiger partial charge in [-0.1, -0.05) is 76.8 Å². The quantitative estimate of drug-likeness (QED) is 0.0734. The van der Waals surface area contributed by atoms with Crippen LogP contribution in [0.15, 0.2) is 47.1 Å². The number of nitrogens with one attached hydrogen (secondary N) is 2. The highest BCUT2D eigenvalue weighted by atomic mass is 16.7. The van der Waals surface area contributed by atoms with E-state index >= 15 is 4.79 Å². The summed E-state index contributed by atoms with van der Waals surface area (Å²) in [6, 6.07) is 12.8. The minimum absolute atomic E-state index is 0.0172. The van der Waals surface area contributed by atoms with Crippen LogP contribution >= 0.6 is 0 Å². The third-order valence-electron chi connectivity index (χ3n) is 18.9. The van der Waals surface area contributed by atoms with Crippen LogP contribution < -0.4 is 10.6 Å². The number of unbranched alkanes of at least 4 members (excludes halogenated alkanes) is 1. The summed E-state index contributed by atoms with van der Waals surface area (Å²) in [6.45, 7) is 9.84. The second kappa shape index (κ2) is 17.7. The topological polar surface area (TPSA) is 189 Å². The number of aliphatic hydroxyl groups excluding tert-OH is 3. The van der Waals surface area contributed by atoms with Gasteiger partial charge in [0.2, 0.25) is 0 Å².